The fourth-order valence-electron chi connectivity index (χ4n) is 2.27. The Kier molecular flexibility index (Phi) is 5.25. The van der Waals surface area contributed by atoms with Crippen molar-refractivity contribution < 1.29 is 9.53 Å². The van der Waals surface area contributed by atoms with E-state index in [0.29, 0.717) is 22.2 Å². The second kappa shape index (κ2) is 7.42. The number of hydrogen-bond donors (Lipinski definition) is 0. The Labute approximate surface area is 159 Å². The Bertz CT molecular complexity index is 904. The first-order chi connectivity index (χ1) is 12.0. The maximum atomic E-state index is 12.5. The number of nitrogens with zero attached hydrogens (tertiary/aromatic N) is 2. The normalized spacial score (nSPS) is 10.9. The first-order valence-corrected chi connectivity index (χ1v) is 8.95. The highest BCUT2D eigenvalue weighted by Crippen LogP contribution is 2.28. The number of benzene rings is 2. The third-order valence-corrected chi connectivity index (χ3v) is 4.49. The highest BCUT2D eigenvalue weighted by molar-refractivity contribution is 9.10. The standard InChI is InChI=1S/C19H16BrClN2O2/c1-12(2)16-11-18(23(22-16)17-6-4-3-5-15(17)21)25-19(24)13-7-9-14(20)10-8-13/h3-12H,1-2H3. The number of carbonyl (C=O) groups is 1. The van der Waals surface area contributed by atoms with E-state index in [1.807, 2.05) is 32.0 Å². The average molecular weight is 420 g/mol. The lowest BCUT2D eigenvalue weighted by Gasteiger charge is -2.09. The highest BCUT2D eigenvalue weighted by Gasteiger charge is 2.18. The number of halogens is 2. The Morgan fingerprint density at radius 2 is 1.84 bits per heavy atom. The number of rotatable bonds is 4. The summed E-state index contributed by atoms with van der Waals surface area (Å²) in [7, 11) is 0. The zero-order valence-electron chi connectivity index (χ0n) is 13.7. The van der Waals surface area contributed by atoms with Crippen LogP contribution >= 0.6 is 27.5 Å². The van der Waals surface area contributed by atoms with Crippen molar-refractivity contribution in [1.29, 1.82) is 0 Å². The molecular formula is C19H16BrClN2O2. The van der Waals surface area contributed by atoms with Crippen LogP contribution in [0.1, 0.15) is 35.8 Å². The van der Waals surface area contributed by atoms with Gasteiger partial charge in [-0.1, -0.05) is 53.5 Å². The van der Waals surface area contributed by atoms with Crippen LogP contribution in [0.25, 0.3) is 5.69 Å². The molecule has 3 rings (SSSR count). The molecule has 1 heterocycles. The molecule has 3 aromatic rings. The summed E-state index contributed by atoms with van der Waals surface area (Å²) in [6, 6.07) is 16.1. The lowest BCUT2D eigenvalue weighted by atomic mass is 10.1. The topological polar surface area (TPSA) is 44.1 Å². The minimum Gasteiger partial charge on any atom is -0.404 e. The molecule has 128 valence electrons. The molecule has 0 saturated heterocycles. The van der Waals surface area contributed by atoms with Gasteiger partial charge in [-0.15, -0.1) is 0 Å². The molecule has 2 aromatic carbocycles. The number of para-hydroxylation sites is 1. The average Bonchev–Trinajstić information content (AvgIpc) is 3.00. The SMILES string of the molecule is CC(C)c1cc(OC(=O)c2ccc(Br)cc2)n(-c2ccccc2Cl)n1. The number of hydrogen-bond acceptors (Lipinski definition) is 3. The maximum absolute atomic E-state index is 12.5. The molecule has 0 aliphatic heterocycles. The van der Waals surface area contributed by atoms with Crippen molar-refractivity contribution >= 4 is 33.5 Å². The molecule has 0 aliphatic rings. The van der Waals surface area contributed by atoms with Crippen molar-refractivity contribution in [2.24, 2.45) is 0 Å². The van der Waals surface area contributed by atoms with E-state index >= 15 is 0 Å². The van der Waals surface area contributed by atoms with Crippen molar-refractivity contribution in [2.45, 2.75) is 19.8 Å². The van der Waals surface area contributed by atoms with Gasteiger partial charge in [0.05, 0.1) is 22.0 Å². The van der Waals surface area contributed by atoms with E-state index in [2.05, 4.69) is 21.0 Å². The molecule has 0 saturated carbocycles. The monoisotopic (exact) mass is 418 g/mol. The molecule has 1 aromatic heterocycles. The predicted octanol–water partition coefficient (Wildman–Crippen LogP) is 5.63. The van der Waals surface area contributed by atoms with Crippen LogP contribution in [-0.4, -0.2) is 15.7 Å². The molecule has 0 aliphatic carbocycles. The molecule has 0 bridgehead atoms. The van der Waals surface area contributed by atoms with Gasteiger partial charge in [0.1, 0.15) is 0 Å². The fraction of sp³-hybridized carbons (Fsp3) is 0.158. The van der Waals surface area contributed by atoms with Crippen LogP contribution < -0.4 is 4.74 Å². The number of ether oxygens (including phenoxy) is 1. The molecule has 0 spiro atoms. The van der Waals surface area contributed by atoms with Crippen LogP contribution in [0.3, 0.4) is 0 Å². The third kappa shape index (κ3) is 3.94. The van der Waals surface area contributed by atoms with Gasteiger partial charge in [-0.3, -0.25) is 0 Å². The largest absolute Gasteiger partial charge is 0.404 e. The van der Waals surface area contributed by atoms with Crippen LogP contribution in [0.4, 0.5) is 0 Å². The molecule has 4 nitrogen and oxygen atoms in total. The van der Waals surface area contributed by atoms with Crippen LogP contribution in [0, 0.1) is 0 Å². The molecule has 0 atom stereocenters. The Balaban J connectivity index is 1.99. The predicted molar refractivity (Wildman–Crippen MR) is 102 cm³/mol. The third-order valence-electron chi connectivity index (χ3n) is 3.64. The Hall–Kier alpha value is -2.11. The highest BCUT2D eigenvalue weighted by atomic mass is 79.9. The second-order valence-electron chi connectivity index (χ2n) is 5.82. The van der Waals surface area contributed by atoms with Gasteiger partial charge in [-0.25, -0.2) is 4.79 Å². The van der Waals surface area contributed by atoms with Gasteiger partial charge >= 0.3 is 5.97 Å². The smallest absolute Gasteiger partial charge is 0.344 e. The van der Waals surface area contributed by atoms with E-state index in [4.69, 9.17) is 16.3 Å². The first-order valence-electron chi connectivity index (χ1n) is 7.78. The molecule has 0 fully saturated rings. The van der Waals surface area contributed by atoms with E-state index in [0.717, 1.165) is 10.2 Å². The van der Waals surface area contributed by atoms with E-state index in [1.54, 1.807) is 41.1 Å². The van der Waals surface area contributed by atoms with Gasteiger partial charge in [0, 0.05) is 10.5 Å². The summed E-state index contributed by atoms with van der Waals surface area (Å²) in [4.78, 5) is 12.5. The van der Waals surface area contributed by atoms with Crippen molar-refractivity contribution in [2.75, 3.05) is 0 Å². The minimum atomic E-state index is -0.448. The van der Waals surface area contributed by atoms with Crippen molar-refractivity contribution in [3.05, 3.63) is 75.4 Å². The Morgan fingerprint density at radius 1 is 1.16 bits per heavy atom. The summed E-state index contributed by atoms with van der Waals surface area (Å²) >= 11 is 9.63. The molecule has 0 unspecified atom stereocenters. The molecule has 0 radical (unpaired) electrons. The quantitative estimate of drug-likeness (QED) is 0.515. The van der Waals surface area contributed by atoms with E-state index in [9.17, 15) is 4.79 Å². The molecule has 0 N–H and O–H groups in total. The lowest BCUT2D eigenvalue weighted by molar-refractivity contribution is 0.0723. The first kappa shape index (κ1) is 17.7. The van der Waals surface area contributed by atoms with Gasteiger partial charge in [-0.05, 0) is 42.3 Å². The molecule has 25 heavy (non-hydrogen) atoms. The van der Waals surface area contributed by atoms with Crippen LogP contribution in [0.2, 0.25) is 5.02 Å². The summed E-state index contributed by atoms with van der Waals surface area (Å²) < 4.78 is 8.06. The zero-order valence-corrected chi connectivity index (χ0v) is 16.1. The number of carbonyl (C=O) groups excluding carboxylic acids is 1. The lowest BCUT2D eigenvalue weighted by Crippen LogP contribution is -2.11. The van der Waals surface area contributed by atoms with Crippen LogP contribution in [-0.2, 0) is 0 Å². The van der Waals surface area contributed by atoms with Gasteiger partial charge in [0.25, 0.3) is 0 Å². The van der Waals surface area contributed by atoms with Crippen molar-refractivity contribution in [3.8, 4) is 11.6 Å². The van der Waals surface area contributed by atoms with E-state index in [1.165, 1.54) is 0 Å². The van der Waals surface area contributed by atoms with Crippen LogP contribution in [0.5, 0.6) is 5.88 Å². The van der Waals surface area contributed by atoms with Gasteiger partial charge in [0.15, 0.2) is 0 Å². The molecule has 6 heteroatoms. The van der Waals surface area contributed by atoms with Crippen LogP contribution in [0.15, 0.2) is 59.1 Å². The molecular weight excluding hydrogens is 404 g/mol. The maximum Gasteiger partial charge on any atom is 0.344 e. The van der Waals surface area contributed by atoms with Crippen molar-refractivity contribution in [1.82, 2.24) is 9.78 Å². The zero-order chi connectivity index (χ0) is 18.0. The van der Waals surface area contributed by atoms with Crippen molar-refractivity contribution in [3.63, 3.8) is 0 Å². The summed E-state index contributed by atoms with van der Waals surface area (Å²) in [5, 5.41) is 5.08. The summed E-state index contributed by atoms with van der Waals surface area (Å²) in [5.41, 5.74) is 1.94. The summed E-state index contributed by atoms with van der Waals surface area (Å²) in [6.45, 7) is 4.05. The Morgan fingerprint density at radius 3 is 2.48 bits per heavy atom. The summed E-state index contributed by atoms with van der Waals surface area (Å²) in [6.07, 6.45) is 0. The fourth-order valence-corrected chi connectivity index (χ4v) is 2.75. The minimum absolute atomic E-state index is 0.189. The van der Waals surface area contributed by atoms with Gasteiger partial charge in [0.2, 0.25) is 5.88 Å². The summed E-state index contributed by atoms with van der Waals surface area (Å²) in [5.74, 6) is 0.0783. The van der Waals surface area contributed by atoms with E-state index in [-0.39, 0.29) is 5.92 Å². The number of esters is 1. The van der Waals surface area contributed by atoms with Gasteiger partial charge in [-0.2, -0.15) is 9.78 Å². The molecule has 0 amide bonds. The van der Waals surface area contributed by atoms with Gasteiger partial charge < -0.3 is 4.74 Å². The van der Waals surface area contributed by atoms with E-state index < -0.39 is 5.97 Å². The second-order valence-corrected chi connectivity index (χ2v) is 7.14. The number of aromatic nitrogens is 2.